The molecule has 3 rings (SSSR count). The van der Waals surface area contributed by atoms with Gasteiger partial charge in [0.2, 0.25) is 0 Å². The van der Waals surface area contributed by atoms with Gasteiger partial charge in [-0.3, -0.25) is 0 Å². The van der Waals surface area contributed by atoms with Gasteiger partial charge in [0.1, 0.15) is 17.1 Å². The molecule has 6 nitrogen and oxygen atoms in total. The largest absolute Gasteiger partial charge is 0.507 e. The molecule has 0 aromatic heterocycles. The predicted molar refractivity (Wildman–Crippen MR) is 108 cm³/mol. The maximum atomic E-state index is 12.8. The van der Waals surface area contributed by atoms with Crippen molar-refractivity contribution in [2.24, 2.45) is 0 Å². The van der Waals surface area contributed by atoms with Gasteiger partial charge in [-0.05, 0) is 29.8 Å². The van der Waals surface area contributed by atoms with Crippen LogP contribution in [0.1, 0.15) is 21.8 Å². The lowest BCUT2D eigenvalue weighted by atomic mass is 10.0. The summed E-state index contributed by atoms with van der Waals surface area (Å²) in [4.78, 5) is 11.2. The number of sulfone groups is 1. The second kappa shape index (κ2) is 8.79. The Morgan fingerprint density at radius 2 is 1.55 bits per heavy atom. The molecule has 0 saturated carbocycles. The van der Waals surface area contributed by atoms with Crippen LogP contribution in [0, 0.1) is 0 Å². The summed E-state index contributed by atoms with van der Waals surface area (Å²) in [5.41, 5.74) is 0.571. The van der Waals surface area contributed by atoms with Crippen molar-refractivity contribution in [2.75, 3.05) is 12.4 Å². The third-order valence-electron chi connectivity index (χ3n) is 4.44. The first-order valence-electron chi connectivity index (χ1n) is 8.88. The van der Waals surface area contributed by atoms with E-state index in [1.54, 1.807) is 30.3 Å². The molecule has 0 bridgehead atoms. The average Bonchev–Trinajstić information content (AvgIpc) is 2.72. The van der Waals surface area contributed by atoms with E-state index >= 15 is 0 Å². The van der Waals surface area contributed by atoms with E-state index in [0.29, 0.717) is 0 Å². The summed E-state index contributed by atoms with van der Waals surface area (Å²) < 4.78 is 31.4. The number of aromatic hydroxyl groups is 1. The van der Waals surface area contributed by atoms with Crippen molar-refractivity contribution in [2.45, 2.75) is 10.8 Å². The fraction of sp³-hybridized carbons (Fsp3) is 0.136. The van der Waals surface area contributed by atoms with Crippen LogP contribution in [0.2, 0.25) is 0 Å². The first-order valence-corrected chi connectivity index (χ1v) is 10.5. The van der Waals surface area contributed by atoms with E-state index in [9.17, 15) is 18.3 Å². The zero-order chi connectivity index (χ0) is 20.9. The number of carbonyl (C=O) groups is 1. The molecule has 3 aromatic carbocycles. The van der Waals surface area contributed by atoms with E-state index in [-0.39, 0.29) is 28.6 Å². The maximum absolute atomic E-state index is 12.8. The monoisotopic (exact) mass is 412 g/mol. The number of benzene rings is 3. The molecule has 0 radical (unpaired) electrons. The molecule has 7 heteroatoms. The molecular formula is C22H20O6S. The molecule has 150 valence electrons. The molecule has 0 aliphatic rings. The van der Waals surface area contributed by atoms with Crippen LogP contribution in [0.25, 0.3) is 0 Å². The molecular weight excluding hydrogens is 392 g/mol. The summed E-state index contributed by atoms with van der Waals surface area (Å²) >= 11 is 0. The Hall–Kier alpha value is -3.32. The van der Waals surface area contributed by atoms with E-state index in [1.807, 2.05) is 30.3 Å². The molecule has 2 N–H and O–H groups in total. The molecule has 0 heterocycles. The third-order valence-corrected chi connectivity index (χ3v) is 6.28. The summed E-state index contributed by atoms with van der Waals surface area (Å²) in [5, 5.41) is 18.8. The Morgan fingerprint density at radius 3 is 2.14 bits per heavy atom. The van der Waals surface area contributed by atoms with Gasteiger partial charge in [-0.15, -0.1) is 0 Å². The number of ether oxygens (including phenoxy) is 1. The van der Waals surface area contributed by atoms with Gasteiger partial charge in [0, 0.05) is 12.0 Å². The Bertz CT molecular complexity index is 1080. The van der Waals surface area contributed by atoms with Gasteiger partial charge in [0.05, 0.1) is 17.3 Å². The van der Waals surface area contributed by atoms with E-state index < -0.39 is 27.5 Å². The van der Waals surface area contributed by atoms with Crippen molar-refractivity contribution in [3.8, 4) is 11.5 Å². The highest BCUT2D eigenvalue weighted by Crippen LogP contribution is 2.27. The van der Waals surface area contributed by atoms with Gasteiger partial charge in [-0.2, -0.15) is 0 Å². The van der Waals surface area contributed by atoms with Crippen LogP contribution in [-0.2, 0) is 9.84 Å². The molecule has 0 spiro atoms. The van der Waals surface area contributed by atoms with Crippen molar-refractivity contribution in [1.82, 2.24) is 0 Å². The van der Waals surface area contributed by atoms with Crippen LogP contribution in [0.5, 0.6) is 11.5 Å². The summed E-state index contributed by atoms with van der Waals surface area (Å²) in [6, 6.07) is 21.2. The van der Waals surface area contributed by atoms with E-state index in [2.05, 4.69) is 0 Å². The lowest BCUT2D eigenvalue weighted by Crippen LogP contribution is -2.21. The van der Waals surface area contributed by atoms with Crippen LogP contribution in [0.15, 0.2) is 83.8 Å². The first kappa shape index (κ1) is 20.4. The number of hydrogen-bond acceptors (Lipinski definition) is 5. The molecule has 1 atom stereocenters. The Balaban J connectivity index is 1.82. The standard InChI is InChI=1S/C22H20O6S/c23-21-13-18(11-12-20(21)22(24)25)28-14-17(16-7-3-1-4-8-16)15-29(26,27)19-9-5-2-6-10-19/h1-13,17,23H,14-15H2,(H,24,25). The van der Waals surface area contributed by atoms with Crippen molar-refractivity contribution >= 4 is 15.8 Å². The zero-order valence-corrected chi connectivity index (χ0v) is 16.2. The Labute approximate surface area is 168 Å². The molecule has 0 saturated heterocycles. The van der Waals surface area contributed by atoms with Crippen LogP contribution in [-0.4, -0.2) is 37.0 Å². The number of phenols is 1. The van der Waals surface area contributed by atoms with Crippen LogP contribution in [0.4, 0.5) is 0 Å². The van der Waals surface area contributed by atoms with Crippen molar-refractivity contribution in [1.29, 1.82) is 0 Å². The smallest absolute Gasteiger partial charge is 0.339 e. The molecule has 0 amide bonds. The average molecular weight is 412 g/mol. The van der Waals surface area contributed by atoms with Crippen LogP contribution in [0.3, 0.4) is 0 Å². The molecule has 0 aliphatic carbocycles. The number of aromatic carboxylic acids is 1. The highest BCUT2D eigenvalue weighted by Gasteiger charge is 2.23. The fourth-order valence-electron chi connectivity index (χ4n) is 2.93. The lowest BCUT2D eigenvalue weighted by molar-refractivity contribution is 0.0693. The minimum absolute atomic E-state index is 0.0436. The van der Waals surface area contributed by atoms with E-state index in [0.717, 1.165) is 5.56 Å². The van der Waals surface area contributed by atoms with Crippen LogP contribution >= 0.6 is 0 Å². The molecule has 0 aliphatic heterocycles. The Kier molecular flexibility index (Phi) is 6.19. The van der Waals surface area contributed by atoms with Gasteiger partial charge >= 0.3 is 5.97 Å². The summed E-state index contributed by atoms with van der Waals surface area (Å²) in [6.07, 6.45) is 0. The zero-order valence-electron chi connectivity index (χ0n) is 15.4. The summed E-state index contributed by atoms with van der Waals surface area (Å²) in [5.74, 6) is -2.01. The minimum Gasteiger partial charge on any atom is -0.507 e. The normalized spacial score (nSPS) is 12.3. The van der Waals surface area contributed by atoms with Crippen molar-refractivity contribution in [3.63, 3.8) is 0 Å². The minimum atomic E-state index is -3.55. The second-order valence-electron chi connectivity index (χ2n) is 6.50. The first-order chi connectivity index (χ1) is 13.9. The van der Waals surface area contributed by atoms with Gasteiger partial charge in [-0.1, -0.05) is 48.5 Å². The Morgan fingerprint density at radius 1 is 0.931 bits per heavy atom. The summed E-state index contributed by atoms with van der Waals surface area (Å²) in [6.45, 7) is 0.0436. The number of rotatable bonds is 8. The molecule has 29 heavy (non-hydrogen) atoms. The highest BCUT2D eigenvalue weighted by molar-refractivity contribution is 7.91. The van der Waals surface area contributed by atoms with Gasteiger partial charge < -0.3 is 14.9 Å². The van der Waals surface area contributed by atoms with E-state index in [4.69, 9.17) is 9.84 Å². The van der Waals surface area contributed by atoms with Crippen LogP contribution < -0.4 is 4.74 Å². The summed E-state index contributed by atoms with van der Waals surface area (Å²) in [7, 11) is -3.55. The SMILES string of the molecule is O=C(O)c1ccc(OCC(CS(=O)(=O)c2ccccc2)c2ccccc2)cc1O. The molecule has 1 unspecified atom stereocenters. The van der Waals surface area contributed by atoms with Gasteiger partial charge in [-0.25, -0.2) is 13.2 Å². The van der Waals surface area contributed by atoms with Crippen molar-refractivity contribution in [3.05, 3.63) is 90.0 Å². The van der Waals surface area contributed by atoms with Gasteiger partial charge in [0.25, 0.3) is 0 Å². The lowest BCUT2D eigenvalue weighted by Gasteiger charge is -2.19. The van der Waals surface area contributed by atoms with Gasteiger partial charge in [0.15, 0.2) is 9.84 Å². The third kappa shape index (κ3) is 5.14. The number of carboxylic acids is 1. The quantitative estimate of drug-likeness (QED) is 0.585. The topological polar surface area (TPSA) is 101 Å². The maximum Gasteiger partial charge on any atom is 0.339 e. The van der Waals surface area contributed by atoms with E-state index in [1.165, 1.54) is 18.2 Å². The fourth-order valence-corrected chi connectivity index (χ4v) is 4.52. The highest BCUT2D eigenvalue weighted by atomic mass is 32.2. The predicted octanol–water partition coefficient (Wildman–Crippen LogP) is 3.73. The number of carboxylic acid groups (broad SMARTS) is 1. The second-order valence-corrected chi connectivity index (χ2v) is 8.53. The molecule has 3 aromatic rings. The van der Waals surface area contributed by atoms with Crippen molar-refractivity contribution < 1.29 is 28.2 Å². The number of hydrogen-bond donors (Lipinski definition) is 2. The molecule has 0 fully saturated rings.